The molecule has 0 aliphatic heterocycles. The number of rotatable bonds is 7. The van der Waals surface area contributed by atoms with E-state index in [0.29, 0.717) is 23.0 Å². The number of hydrogen-bond donors (Lipinski definition) is 1. The van der Waals surface area contributed by atoms with Crippen LogP contribution in [0.25, 0.3) is 0 Å². The van der Waals surface area contributed by atoms with Gasteiger partial charge in [0.25, 0.3) is 5.91 Å². The van der Waals surface area contributed by atoms with E-state index in [-0.39, 0.29) is 5.91 Å². The van der Waals surface area contributed by atoms with Gasteiger partial charge in [-0.2, -0.15) is 0 Å². The van der Waals surface area contributed by atoms with Crippen molar-refractivity contribution in [2.75, 3.05) is 25.5 Å². The summed E-state index contributed by atoms with van der Waals surface area (Å²) in [4.78, 5) is 14.6. The Bertz CT molecular complexity index is 444. The van der Waals surface area contributed by atoms with Gasteiger partial charge in [0.05, 0.1) is 5.56 Å². The van der Waals surface area contributed by atoms with Crippen LogP contribution in [-0.2, 0) is 0 Å². The fourth-order valence-corrected chi connectivity index (χ4v) is 2.47. The predicted molar refractivity (Wildman–Crippen MR) is 86.6 cm³/mol. The summed E-state index contributed by atoms with van der Waals surface area (Å²) in [5.41, 5.74) is 1.47. The van der Waals surface area contributed by atoms with Gasteiger partial charge in [-0.15, -0.1) is 0 Å². The maximum atomic E-state index is 12.7. The third kappa shape index (κ3) is 4.14. The van der Waals surface area contributed by atoms with E-state index in [1.54, 1.807) is 12.1 Å². The Kier molecular flexibility index (Phi) is 6.86. The lowest BCUT2D eigenvalue weighted by atomic mass is 10.0. The number of benzene rings is 1. The Morgan fingerprint density at radius 1 is 1.30 bits per heavy atom. The predicted octanol–water partition coefficient (Wildman–Crippen LogP) is 4.28. The molecule has 0 heterocycles. The molecule has 0 atom stereocenters. The molecule has 1 aromatic rings. The molecular weight excluding hydrogens is 272 g/mol. The zero-order valence-corrected chi connectivity index (χ0v) is 13.6. The van der Waals surface area contributed by atoms with Crippen molar-refractivity contribution in [3.63, 3.8) is 0 Å². The average Bonchev–Trinajstić information content (AvgIpc) is 2.48. The first kappa shape index (κ1) is 16.8. The summed E-state index contributed by atoms with van der Waals surface area (Å²) in [6, 6.07) is 5.38. The molecule has 112 valence electrons. The molecule has 0 bridgehead atoms. The monoisotopic (exact) mass is 296 g/mol. The van der Waals surface area contributed by atoms with Gasteiger partial charge in [0.2, 0.25) is 0 Å². The van der Waals surface area contributed by atoms with Crippen LogP contribution >= 0.6 is 11.6 Å². The van der Waals surface area contributed by atoms with Crippen LogP contribution in [0.5, 0.6) is 0 Å². The summed E-state index contributed by atoms with van der Waals surface area (Å²) in [7, 11) is 1.82. The Morgan fingerprint density at radius 3 is 2.45 bits per heavy atom. The first-order valence-corrected chi connectivity index (χ1v) is 7.71. The maximum Gasteiger partial charge on any atom is 0.256 e. The van der Waals surface area contributed by atoms with E-state index in [0.717, 1.165) is 25.1 Å². The molecule has 0 radical (unpaired) electrons. The van der Waals surface area contributed by atoms with Gasteiger partial charge in [0, 0.05) is 30.8 Å². The number of amides is 1. The molecule has 1 amide bonds. The minimum atomic E-state index is 0.0475. The number of nitrogens with zero attached hydrogens (tertiary/aromatic N) is 1. The number of halogens is 1. The van der Waals surface area contributed by atoms with Crippen molar-refractivity contribution < 1.29 is 4.79 Å². The van der Waals surface area contributed by atoms with E-state index in [4.69, 9.17) is 11.6 Å². The molecule has 0 aromatic heterocycles. The number of hydrogen-bond acceptors (Lipinski definition) is 2. The molecule has 4 heteroatoms. The second-order valence-electron chi connectivity index (χ2n) is 4.97. The molecule has 20 heavy (non-hydrogen) atoms. The lowest BCUT2D eigenvalue weighted by Crippen LogP contribution is -2.35. The molecule has 3 nitrogen and oxygen atoms in total. The second kappa shape index (κ2) is 8.15. The van der Waals surface area contributed by atoms with Gasteiger partial charge in [-0.3, -0.25) is 4.79 Å². The van der Waals surface area contributed by atoms with Crippen molar-refractivity contribution in [1.29, 1.82) is 0 Å². The average molecular weight is 297 g/mol. The Balaban J connectivity index is 2.98. The van der Waals surface area contributed by atoms with Gasteiger partial charge in [0.15, 0.2) is 0 Å². The fraction of sp³-hybridized carbons (Fsp3) is 0.562. The van der Waals surface area contributed by atoms with Gasteiger partial charge >= 0.3 is 0 Å². The number of carbonyl (C=O) groups excluding carboxylic acids is 1. The van der Waals surface area contributed by atoms with Gasteiger partial charge in [-0.25, -0.2) is 0 Å². The standard InChI is InChI=1S/C16H25ClN2O/c1-5-12(6-2)11-19(7-3)16(20)14-10-13(17)8-9-15(14)18-4/h8-10,12,18H,5-7,11H2,1-4H3. The summed E-state index contributed by atoms with van der Waals surface area (Å²) < 4.78 is 0. The first-order valence-electron chi connectivity index (χ1n) is 7.33. The van der Waals surface area contributed by atoms with Crippen LogP contribution in [0.1, 0.15) is 44.0 Å². The lowest BCUT2D eigenvalue weighted by Gasteiger charge is -2.26. The van der Waals surface area contributed by atoms with Crippen molar-refractivity contribution in [3.8, 4) is 0 Å². The molecule has 0 saturated heterocycles. The smallest absolute Gasteiger partial charge is 0.256 e. The molecule has 0 spiro atoms. The zero-order valence-electron chi connectivity index (χ0n) is 12.9. The molecule has 1 N–H and O–H groups in total. The highest BCUT2D eigenvalue weighted by atomic mass is 35.5. The molecule has 1 aromatic carbocycles. The highest BCUT2D eigenvalue weighted by Crippen LogP contribution is 2.23. The van der Waals surface area contributed by atoms with E-state index in [9.17, 15) is 4.79 Å². The van der Waals surface area contributed by atoms with Crippen molar-refractivity contribution in [1.82, 2.24) is 4.90 Å². The largest absolute Gasteiger partial charge is 0.387 e. The molecule has 0 saturated carbocycles. The summed E-state index contributed by atoms with van der Waals surface area (Å²) in [5, 5.41) is 3.65. The molecule has 1 rings (SSSR count). The van der Waals surface area contributed by atoms with Gasteiger partial charge < -0.3 is 10.2 Å². The Morgan fingerprint density at radius 2 is 1.95 bits per heavy atom. The molecule has 0 unspecified atom stereocenters. The Labute approximate surface area is 127 Å². The van der Waals surface area contributed by atoms with Crippen LogP contribution in [0.4, 0.5) is 5.69 Å². The van der Waals surface area contributed by atoms with E-state index < -0.39 is 0 Å². The maximum absolute atomic E-state index is 12.7. The SMILES string of the molecule is CCC(CC)CN(CC)C(=O)c1cc(Cl)ccc1NC. The van der Waals surface area contributed by atoms with Crippen LogP contribution in [0.15, 0.2) is 18.2 Å². The minimum Gasteiger partial charge on any atom is -0.387 e. The number of nitrogens with one attached hydrogen (secondary N) is 1. The third-order valence-corrected chi connectivity index (χ3v) is 4.02. The molecule has 0 aliphatic carbocycles. The number of carbonyl (C=O) groups is 1. The summed E-state index contributed by atoms with van der Waals surface area (Å²) in [6.07, 6.45) is 2.18. The molecular formula is C16H25ClN2O. The van der Waals surface area contributed by atoms with Gasteiger partial charge in [-0.1, -0.05) is 38.3 Å². The normalized spacial score (nSPS) is 10.7. The second-order valence-corrected chi connectivity index (χ2v) is 5.40. The van der Waals surface area contributed by atoms with Crippen molar-refractivity contribution in [3.05, 3.63) is 28.8 Å². The summed E-state index contributed by atoms with van der Waals surface area (Å²) >= 11 is 6.03. The Hall–Kier alpha value is -1.22. The van der Waals surface area contributed by atoms with E-state index in [2.05, 4.69) is 19.2 Å². The van der Waals surface area contributed by atoms with Crippen molar-refractivity contribution in [2.45, 2.75) is 33.6 Å². The molecule has 0 fully saturated rings. The van der Waals surface area contributed by atoms with Crippen LogP contribution in [-0.4, -0.2) is 30.9 Å². The highest BCUT2D eigenvalue weighted by molar-refractivity contribution is 6.31. The van der Waals surface area contributed by atoms with Crippen LogP contribution in [0.3, 0.4) is 0 Å². The topological polar surface area (TPSA) is 32.3 Å². The van der Waals surface area contributed by atoms with Crippen molar-refractivity contribution >= 4 is 23.2 Å². The van der Waals surface area contributed by atoms with Gasteiger partial charge in [0.1, 0.15) is 0 Å². The zero-order chi connectivity index (χ0) is 15.1. The fourth-order valence-electron chi connectivity index (χ4n) is 2.30. The van der Waals surface area contributed by atoms with E-state index in [1.165, 1.54) is 0 Å². The minimum absolute atomic E-state index is 0.0475. The summed E-state index contributed by atoms with van der Waals surface area (Å²) in [5.74, 6) is 0.599. The first-order chi connectivity index (χ1) is 9.57. The molecule has 0 aliphatic rings. The summed E-state index contributed by atoms with van der Waals surface area (Å²) in [6.45, 7) is 7.88. The van der Waals surface area contributed by atoms with Crippen molar-refractivity contribution in [2.24, 2.45) is 5.92 Å². The number of anilines is 1. The van der Waals surface area contributed by atoms with Crippen LogP contribution in [0.2, 0.25) is 5.02 Å². The highest BCUT2D eigenvalue weighted by Gasteiger charge is 2.20. The quantitative estimate of drug-likeness (QED) is 0.814. The van der Waals surface area contributed by atoms with Gasteiger partial charge in [-0.05, 0) is 31.0 Å². The van der Waals surface area contributed by atoms with E-state index >= 15 is 0 Å². The van der Waals surface area contributed by atoms with E-state index in [1.807, 2.05) is 24.9 Å². The van der Waals surface area contributed by atoms with Crippen LogP contribution < -0.4 is 5.32 Å². The third-order valence-electron chi connectivity index (χ3n) is 3.78. The van der Waals surface area contributed by atoms with Crippen LogP contribution in [0, 0.1) is 5.92 Å². The lowest BCUT2D eigenvalue weighted by molar-refractivity contribution is 0.0736.